The molecule has 0 atom stereocenters. The Kier molecular flexibility index (Phi) is 4.75. The van der Waals surface area contributed by atoms with Crippen molar-refractivity contribution in [3.8, 4) is 0 Å². The van der Waals surface area contributed by atoms with Crippen molar-refractivity contribution in [3.63, 3.8) is 0 Å². The van der Waals surface area contributed by atoms with Crippen molar-refractivity contribution in [2.45, 2.75) is 45.2 Å². The fourth-order valence-electron chi connectivity index (χ4n) is 2.43. The fraction of sp³-hybridized carbons (Fsp3) is 0.692. The number of rotatable bonds is 5. The molecule has 0 amide bonds. The highest BCUT2D eigenvalue weighted by Crippen LogP contribution is 2.25. The zero-order valence-corrected chi connectivity index (χ0v) is 10.8. The molecule has 1 aromatic heterocycles. The van der Waals surface area contributed by atoms with Gasteiger partial charge in [-0.15, -0.1) is 0 Å². The molecular weight excluding hydrogens is 230 g/mol. The summed E-state index contributed by atoms with van der Waals surface area (Å²) < 4.78 is 5.06. The SMILES string of the molecule is CCOC(=O)C1CCC(NCc2ccn[nH]2)CC1. The second-order valence-corrected chi connectivity index (χ2v) is 4.76. The molecule has 1 aliphatic rings. The summed E-state index contributed by atoms with van der Waals surface area (Å²) in [6.45, 7) is 3.15. The highest BCUT2D eigenvalue weighted by Gasteiger charge is 2.26. The van der Waals surface area contributed by atoms with Crippen molar-refractivity contribution in [1.29, 1.82) is 0 Å². The van der Waals surface area contributed by atoms with Crippen LogP contribution in [0.2, 0.25) is 0 Å². The van der Waals surface area contributed by atoms with Crippen LogP contribution in [0.1, 0.15) is 38.3 Å². The first kappa shape index (κ1) is 13.1. The van der Waals surface area contributed by atoms with Crippen molar-refractivity contribution in [3.05, 3.63) is 18.0 Å². The molecule has 0 saturated heterocycles. The Morgan fingerprint density at radius 3 is 2.89 bits per heavy atom. The molecule has 5 nitrogen and oxygen atoms in total. The van der Waals surface area contributed by atoms with Gasteiger partial charge in [-0.3, -0.25) is 9.89 Å². The maximum atomic E-state index is 11.6. The Hall–Kier alpha value is -1.36. The average Bonchev–Trinajstić information content (AvgIpc) is 2.90. The molecular formula is C13H21N3O2. The van der Waals surface area contributed by atoms with Crippen LogP contribution in [-0.2, 0) is 16.1 Å². The first-order valence-electron chi connectivity index (χ1n) is 6.68. The van der Waals surface area contributed by atoms with Crippen molar-refractivity contribution >= 4 is 5.97 Å². The first-order valence-corrected chi connectivity index (χ1v) is 6.68. The summed E-state index contributed by atoms with van der Waals surface area (Å²) in [5.74, 6) is 0.0830. The van der Waals surface area contributed by atoms with Crippen LogP contribution in [0.5, 0.6) is 0 Å². The van der Waals surface area contributed by atoms with Crippen molar-refractivity contribution < 1.29 is 9.53 Å². The van der Waals surface area contributed by atoms with E-state index in [2.05, 4.69) is 15.5 Å². The highest BCUT2D eigenvalue weighted by atomic mass is 16.5. The zero-order chi connectivity index (χ0) is 12.8. The Balaban J connectivity index is 1.68. The third-order valence-electron chi connectivity index (χ3n) is 3.49. The van der Waals surface area contributed by atoms with E-state index in [0.717, 1.165) is 37.9 Å². The van der Waals surface area contributed by atoms with E-state index in [9.17, 15) is 4.79 Å². The lowest BCUT2D eigenvalue weighted by Crippen LogP contribution is -2.35. The van der Waals surface area contributed by atoms with Crippen molar-refractivity contribution in [2.75, 3.05) is 6.61 Å². The summed E-state index contributed by atoms with van der Waals surface area (Å²) in [5, 5.41) is 10.3. The summed E-state index contributed by atoms with van der Waals surface area (Å²) in [6.07, 6.45) is 5.70. The van der Waals surface area contributed by atoms with Crippen LogP contribution < -0.4 is 5.32 Å². The predicted octanol–water partition coefficient (Wildman–Crippen LogP) is 1.62. The highest BCUT2D eigenvalue weighted by molar-refractivity contribution is 5.72. The molecule has 0 radical (unpaired) electrons. The van der Waals surface area contributed by atoms with Crippen LogP contribution in [0, 0.1) is 5.92 Å². The molecule has 2 N–H and O–H groups in total. The van der Waals surface area contributed by atoms with Gasteiger partial charge in [0.15, 0.2) is 0 Å². The Morgan fingerprint density at radius 2 is 2.28 bits per heavy atom. The molecule has 1 aliphatic carbocycles. The smallest absolute Gasteiger partial charge is 0.308 e. The number of H-pyrrole nitrogens is 1. The van der Waals surface area contributed by atoms with Crippen LogP contribution >= 0.6 is 0 Å². The number of hydrogen-bond donors (Lipinski definition) is 2. The standard InChI is InChI=1S/C13H21N3O2/c1-2-18-13(17)10-3-5-11(6-4-10)14-9-12-7-8-15-16-12/h7-8,10-11,14H,2-6,9H2,1H3,(H,15,16). The molecule has 2 rings (SSSR count). The monoisotopic (exact) mass is 251 g/mol. The number of hydrogen-bond acceptors (Lipinski definition) is 4. The summed E-state index contributed by atoms with van der Waals surface area (Å²) in [4.78, 5) is 11.6. The number of ether oxygens (including phenoxy) is 1. The summed E-state index contributed by atoms with van der Waals surface area (Å²) in [7, 11) is 0. The van der Waals surface area contributed by atoms with Crippen LogP contribution in [0.25, 0.3) is 0 Å². The number of nitrogens with zero attached hydrogens (tertiary/aromatic N) is 1. The van der Waals surface area contributed by atoms with Crippen molar-refractivity contribution in [1.82, 2.24) is 15.5 Å². The summed E-state index contributed by atoms with van der Waals surface area (Å²) in [5.41, 5.74) is 1.10. The minimum atomic E-state index is -0.0236. The van der Waals surface area contributed by atoms with Gasteiger partial charge in [-0.25, -0.2) is 0 Å². The lowest BCUT2D eigenvalue weighted by Gasteiger charge is -2.27. The minimum absolute atomic E-state index is 0.0236. The molecule has 1 fully saturated rings. The summed E-state index contributed by atoms with van der Waals surface area (Å²) >= 11 is 0. The normalized spacial score (nSPS) is 23.8. The largest absolute Gasteiger partial charge is 0.466 e. The lowest BCUT2D eigenvalue weighted by atomic mass is 9.86. The van der Waals surface area contributed by atoms with Gasteiger partial charge < -0.3 is 10.1 Å². The van der Waals surface area contributed by atoms with E-state index in [0.29, 0.717) is 12.6 Å². The van der Waals surface area contributed by atoms with Crippen LogP contribution in [0.15, 0.2) is 12.3 Å². The first-order chi connectivity index (χ1) is 8.79. The van der Waals surface area contributed by atoms with E-state index in [1.54, 1.807) is 6.20 Å². The second kappa shape index (κ2) is 6.54. The molecule has 100 valence electrons. The molecule has 0 spiro atoms. The van der Waals surface area contributed by atoms with Gasteiger partial charge in [0, 0.05) is 24.5 Å². The topological polar surface area (TPSA) is 67.0 Å². The maximum absolute atomic E-state index is 11.6. The summed E-state index contributed by atoms with van der Waals surface area (Å²) in [6, 6.07) is 2.47. The minimum Gasteiger partial charge on any atom is -0.466 e. The molecule has 1 heterocycles. The van der Waals surface area contributed by atoms with Crippen LogP contribution in [-0.4, -0.2) is 28.8 Å². The van der Waals surface area contributed by atoms with Crippen LogP contribution in [0.3, 0.4) is 0 Å². The number of esters is 1. The maximum Gasteiger partial charge on any atom is 0.308 e. The number of carbonyl (C=O) groups excluding carboxylic acids is 1. The van der Waals surface area contributed by atoms with Gasteiger partial charge in [-0.1, -0.05) is 0 Å². The second-order valence-electron chi connectivity index (χ2n) is 4.76. The Bertz CT molecular complexity index is 356. The predicted molar refractivity (Wildman–Crippen MR) is 67.8 cm³/mol. The quantitative estimate of drug-likeness (QED) is 0.780. The number of aromatic amines is 1. The van der Waals surface area contributed by atoms with Crippen LogP contribution in [0.4, 0.5) is 0 Å². The van der Waals surface area contributed by atoms with Gasteiger partial charge in [-0.05, 0) is 38.7 Å². The van der Waals surface area contributed by atoms with E-state index < -0.39 is 0 Å². The molecule has 5 heteroatoms. The van der Waals surface area contributed by atoms with Gasteiger partial charge >= 0.3 is 5.97 Å². The average molecular weight is 251 g/mol. The van der Waals surface area contributed by atoms with Gasteiger partial charge in [0.05, 0.1) is 12.5 Å². The third-order valence-corrected chi connectivity index (χ3v) is 3.49. The number of aromatic nitrogens is 2. The van der Waals surface area contributed by atoms with Gasteiger partial charge in [0.2, 0.25) is 0 Å². The van der Waals surface area contributed by atoms with E-state index in [4.69, 9.17) is 4.74 Å². The van der Waals surface area contributed by atoms with E-state index in [1.165, 1.54) is 0 Å². The fourth-order valence-corrected chi connectivity index (χ4v) is 2.43. The molecule has 0 aliphatic heterocycles. The van der Waals surface area contributed by atoms with E-state index in [1.807, 2.05) is 13.0 Å². The number of nitrogens with one attached hydrogen (secondary N) is 2. The third kappa shape index (κ3) is 3.57. The van der Waals surface area contributed by atoms with Gasteiger partial charge in [0.1, 0.15) is 0 Å². The molecule has 18 heavy (non-hydrogen) atoms. The van der Waals surface area contributed by atoms with E-state index >= 15 is 0 Å². The van der Waals surface area contributed by atoms with Gasteiger partial charge in [-0.2, -0.15) is 5.10 Å². The lowest BCUT2D eigenvalue weighted by molar-refractivity contribution is -0.149. The molecule has 1 aromatic rings. The zero-order valence-electron chi connectivity index (χ0n) is 10.8. The molecule has 0 aromatic carbocycles. The van der Waals surface area contributed by atoms with E-state index in [-0.39, 0.29) is 11.9 Å². The molecule has 0 unspecified atom stereocenters. The Labute approximate surface area is 107 Å². The Morgan fingerprint density at radius 1 is 1.50 bits per heavy atom. The molecule has 0 bridgehead atoms. The number of carbonyl (C=O) groups is 1. The molecule has 1 saturated carbocycles. The van der Waals surface area contributed by atoms with Gasteiger partial charge in [0.25, 0.3) is 0 Å². The van der Waals surface area contributed by atoms with Crippen molar-refractivity contribution in [2.24, 2.45) is 5.92 Å².